The highest BCUT2D eigenvalue weighted by Crippen LogP contribution is 2.31. The molecule has 4 nitrogen and oxygen atoms in total. The Labute approximate surface area is 98.0 Å². The number of ether oxygens (including phenoxy) is 1. The van der Waals surface area contributed by atoms with Crippen molar-refractivity contribution in [3.63, 3.8) is 0 Å². The zero-order valence-corrected chi connectivity index (χ0v) is 9.27. The summed E-state index contributed by atoms with van der Waals surface area (Å²) >= 11 is 0. The van der Waals surface area contributed by atoms with E-state index in [1.165, 1.54) is 19.4 Å². The summed E-state index contributed by atoms with van der Waals surface area (Å²) in [6.07, 6.45) is 1.49. The predicted octanol–water partition coefficient (Wildman–Crippen LogP) is 2.06. The van der Waals surface area contributed by atoms with Crippen LogP contribution in [-0.2, 0) is 0 Å². The lowest BCUT2D eigenvalue weighted by molar-refractivity contribution is 0.411. The summed E-state index contributed by atoms with van der Waals surface area (Å²) in [4.78, 5) is 4.04. The van der Waals surface area contributed by atoms with Crippen LogP contribution in [0.15, 0.2) is 30.5 Å². The second-order valence-electron chi connectivity index (χ2n) is 3.51. The third kappa shape index (κ3) is 1.99. The average Bonchev–Trinajstić information content (AvgIpc) is 2.33. The number of nitrogens with two attached hydrogens (primary N) is 2. The Bertz CT molecular complexity index is 557. The molecule has 5 heteroatoms. The molecule has 1 aromatic heterocycles. The van der Waals surface area contributed by atoms with Gasteiger partial charge in [0.25, 0.3) is 0 Å². The minimum Gasteiger partial charge on any atom is -0.497 e. The summed E-state index contributed by atoms with van der Waals surface area (Å²) in [5.74, 6) is -0.0112. The van der Waals surface area contributed by atoms with E-state index >= 15 is 0 Å². The Hall–Kier alpha value is -2.30. The summed E-state index contributed by atoms with van der Waals surface area (Å²) in [5.41, 5.74) is 12.7. The van der Waals surface area contributed by atoms with Gasteiger partial charge in [0.05, 0.1) is 24.2 Å². The van der Waals surface area contributed by atoms with E-state index in [0.717, 1.165) is 0 Å². The molecular formula is C12H12FN3O. The minimum absolute atomic E-state index is 0.275. The van der Waals surface area contributed by atoms with Crippen molar-refractivity contribution in [2.75, 3.05) is 18.6 Å². The lowest BCUT2D eigenvalue weighted by Gasteiger charge is -2.09. The van der Waals surface area contributed by atoms with Crippen molar-refractivity contribution < 1.29 is 9.13 Å². The number of nitrogens with zero attached hydrogens (tertiary/aromatic N) is 1. The number of rotatable bonds is 2. The molecule has 0 aliphatic heterocycles. The molecule has 0 spiro atoms. The second kappa shape index (κ2) is 4.29. The van der Waals surface area contributed by atoms with Gasteiger partial charge in [0.15, 0.2) is 0 Å². The third-order valence-corrected chi connectivity index (χ3v) is 2.46. The van der Waals surface area contributed by atoms with E-state index in [2.05, 4.69) is 4.98 Å². The predicted molar refractivity (Wildman–Crippen MR) is 65.0 cm³/mol. The molecule has 0 bridgehead atoms. The van der Waals surface area contributed by atoms with Crippen LogP contribution in [0.4, 0.5) is 15.8 Å². The molecule has 0 aliphatic carbocycles. The maximum Gasteiger partial charge on any atom is 0.136 e. The molecule has 4 N–H and O–H groups in total. The number of methoxy groups -OCH3 is 1. The molecule has 0 atom stereocenters. The molecule has 2 aromatic rings. The molecule has 0 amide bonds. The summed E-state index contributed by atoms with van der Waals surface area (Å²) in [6.45, 7) is 0. The fourth-order valence-corrected chi connectivity index (χ4v) is 1.52. The molecule has 1 heterocycles. The van der Waals surface area contributed by atoms with E-state index in [-0.39, 0.29) is 5.69 Å². The van der Waals surface area contributed by atoms with Gasteiger partial charge in [0.1, 0.15) is 11.6 Å². The second-order valence-corrected chi connectivity index (χ2v) is 3.51. The van der Waals surface area contributed by atoms with Gasteiger partial charge >= 0.3 is 0 Å². The Morgan fingerprint density at radius 2 is 2.00 bits per heavy atom. The number of halogens is 1. The van der Waals surface area contributed by atoms with E-state index in [4.69, 9.17) is 16.2 Å². The topological polar surface area (TPSA) is 74.2 Å². The van der Waals surface area contributed by atoms with Crippen molar-refractivity contribution >= 4 is 11.4 Å². The summed E-state index contributed by atoms with van der Waals surface area (Å²) < 4.78 is 18.7. The number of hydrogen-bond acceptors (Lipinski definition) is 4. The molecule has 0 radical (unpaired) electrons. The van der Waals surface area contributed by atoms with Gasteiger partial charge < -0.3 is 16.2 Å². The van der Waals surface area contributed by atoms with Crippen molar-refractivity contribution in [1.82, 2.24) is 4.98 Å². The van der Waals surface area contributed by atoms with Gasteiger partial charge in [-0.1, -0.05) is 0 Å². The number of pyridine rings is 1. The zero-order valence-electron chi connectivity index (χ0n) is 9.27. The number of anilines is 2. The lowest BCUT2D eigenvalue weighted by Crippen LogP contribution is -2.00. The van der Waals surface area contributed by atoms with Crippen LogP contribution >= 0.6 is 0 Å². The van der Waals surface area contributed by atoms with E-state index in [1.54, 1.807) is 18.2 Å². The molecule has 17 heavy (non-hydrogen) atoms. The molecule has 2 rings (SSSR count). The van der Waals surface area contributed by atoms with Crippen LogP contribution in [-0.4, -0.2) is 12.1 Å². The van der Waals surface area contributed by atoms with Gasteiger partial charge in [0.2, 0.25) is 0 Å². The van der Waals surface area contributed by atoms with Crippen LogP contribution < -0.4 is 16.2 Å². The van der Waals surface area contributed by atoms with E-state index in [0.29, 0.717) is 22.7 Å². The Morgan fingerprint density at radius 1 is 1.24 bits per heavy atom. The van der Waals surface area contributed by atoms with E-state index < -0.39 is 5.82 Å². The third-order valence-electron chi connectivity index (χ3n) is 2.46. The fourth-order valence-electron chi connectivity index (χ4n) is 1.52. The standard InChI is InChI=1S/C12H12FN3O/c1-17-7-2-3-8(9(13)6-7)12-11(15)10(14)4-5-16-12/h2-6H,15H2,1H3,(H2,14,16). The summed E-state index contributed by atoms with van der Waals surface area (Å²) in [6, 6.07) is 6.05. The molecule has 0 unspecified atom stereocenters. The molecule has 0 saturated heterocycles. The normalized spacial score (nSPS) is 10.2. The largest absolute Gasteiger partial charge is 0.497 e. The average molecular weight is 233 g/mol. The summed E-state index contributed by atoms with van der Waals surface area (Å²) in [7, 11) is 1.47. The van der Waals surface area contributed by atoms with Crippen molar-refractivity contribution in [1.29, 1.82) is 0 Å². The first-order chi connectivity index (χ1) is 8.13. The maximum absolute atomic E-state index is 13.8. The van der Waals surface area contributed by atoms with Crippen LogP contribution in [0, 0.1) is 5.82 Å². The Kier molecular flexibility index (Phi) is 2.82. The summed E-state index contributed by atoms with van der Waals surface area (Å²) in [5, 5.41) is 0. The highest BCUT2D eigenvalue weighted by Gasteiger charge is 2.12. The Balaban J connectivity index is 2.57. The van der Waals surface area contributed by atoms with Gasteiger partial charge in [-0.3, -0.25) is 4.98 Å². The van der Waals surface area contributed by atoms with Crippen molar-refractivity contribution in [2.24, 2.45) is 0 Å². The minimum atomic E-state index is -0.450. The van der Waals surface area contributed by atoms with Gasteiger partial charge in [-0.25, -0.2) is 4.39 Å². The number of hydrogen-bond donors (Lipinski definition) is 2. The van der Waals surface area contributed by atoms with Gasteiger partial charge in [-0.2, -0.15) is 0 Å². The maximum atomic E-state index is 13.8. The molecule has 88 valence electrons. The van der Waals surface area contributed by atoms with Gasteiger partial charge in [-0.05, 0) is 18.2 Å². The number of nitrogen functional groups attached to an aromatic ring is 2. The highest BCUT2D eigenvalue weighted by molar-refractivity contribution is 5.81. The smallest absolute Gasteiger partial charge is 0.136 e. The van der Waals surface area contributed by atoms with Crippen LogP contribution in [0.5, 0.6) is 5.75 Å². The van der Waals surface area contributed by atoms with Crippen LogP contribution in [0.25, 0.3) is 11.3 Å². The number of benzene rings is 1. The first-order valence-corrected chi connectivity index (χ1v) is 4.97. The van der Waals surface area contributed by atoms with E-state index in [9.17, 15) is 4.39 Å². The van der Waals surface area contributed by atoms with E-state index in [1.807, 2.05) is 0 Å². The molecular weight excluding hydrogens is 221 g/mol. The van der Waals surface area contributed by atoms with Crippen molar-refractivity contribution in [2.45, 2.75) is 0 Å². The van der Waals surface area contributed by atoms with Gasteiger partial charge in [0, 0.05) is 17.8 Å². The van der Waals surface area contributed by atoms with Crippen LogP contribution in [0.3, 0.4) is 0 Å². The monoisotopic (exact) mass is 233 g/mol. The van der Waals surface area contributed by atoms with Crippen molar-refractivity contribution in [3.8, 4) is 17.0 Å². The molecule has 0 saturated carbocycles. The van der Waals surface area contributed by atoms with Crippen molar-refractivity contribution in [3.05, 3.63) is 36.3 Å². The fraction of sp³-hybridized carbons (Fsp3) is 0.0833. The lowest BCUT2D eigenvalue weighted by atomic mass is 10.1. The highest BCUT2D eigenvalue weighted by atomic mass is 19.1. The number of aromatic nitrogens is 1. The van der Waals surface area contributed by atoms with Crippen LogP contribution in [0.1, 0.15) is 0 Å². The molecule has 0 fully saturated rings. The molecule has 0 aliphatic rings. The van der Waals surface area contributed by atoms with Crippen LogP contribution in [0.2, 0.25) is 0 Å². The first-order valence-electron chi connectivity index (χ1n) is 4.97. The first kappa shape index (κ1) is 11.2. The Morgan fingerprint density at radius 3 is 2.65 bits per heavy atom. The SMILES string of the molecule is COc1ccc(-c2nccc(N)c2N)c(F)c1. The molecule has 1 aromatic carbocycles. The zero-order chi connectivity index (χ0) is 12.4. The van der Waals surface area contributed by atoms with Gasteiger partial charge in [-0.15, -0.1) is 0 Å². The quantitative estimate of drug-likeness (QED) is 0.832.